The van der Waals surface area contributed by atoms with Crippen molar-refractivity contribution in [2.24, 2.45) is 0 Å². The Labute approximate surface area is 154 Å². The molecule has 1 aliphatic heterocycles. The number of carbonyl (C=O) groups excluding carboxylic acids is 2. The lowest BCUT2D eigenvalue weighted by atomic mass is 10.2. The summed E-state index contributed by atoms with van der Waals surface area (Å²) in [4.78, 5) is 40.5. The van der Waals surface area contributed by atoms with Crippen molar-refractivity contribution in [1.82, 2.24) is 4.98 Å². The van der Waals surface area contributed by atoms with E-state index in [1.165, 1.54) is 29.2 Å². The van der Waals surface area contributed by atoms with Gasteiger partial charge in [-0.2, -0.15) is 0 Å². The first-order chi connectivity index (χ1) is 12.9. The third-order valence-electron chi connectivity index (χ3n) is 3.96. The zero-order chi connectivity index (χ0) is 19.6. The van der Waals surface area contributed by atoms with E-state index in [1.807, 2.05) is 0 Å². The zero-order valence-electron chi connectivity index (χ0n) is 14.4. The molecule has 0 spiro atoms. The number of nitrogen functional groups attached to an aromatic ring is 1. The lowest BCUT2D eigenvalue weighted by Crippen LogP contribution is -2.49. The smallest absolute Gasteiger partial charge is 0.269 e. The molecule has 3 rings (SSSR count). The van der Waals surface area contributed by atoms with Crippen LogP contribution in [0, 0.1) is 10.1 Å². The number of anilines is 3. The van der Waals surface area contributed by atoms with Crippen LogP contribution in [0.15, 0.2) is 36.4 Å². The summed E-state index contributed by atoms with van der Waals surface area (Å²) >= 11 is 0. The normalized spacial score (nSPS) is 15.7. The van der Waals surface area contributed by atoms with Gasteiger partial charge in [-0.05, 0) is 30.7 Å². The van der Waals surface area contributed by atoms with E-state index in [2.05, 4.69) is 10.3 Å². The molecular formula is C17H17N5O5. The molecule has 0 saturated heterocycles. The largest absolute Gasteiger partial charge is 0.477 e. The molecule has 1 atom stereocenters. The van der Waals surface area contributed by atoms with Crippen LogP contribution >= 0.6 is 0 Å². The van der Waals surface area contributed by atoms with E-state index in [9.17, 15) is 19.7 Å². The molecule has 2 aromatic rings. The fourth-order valence-corrected chi connectivity index (χ4v) is 2.64. The highest BCUT2D eigenvalue weighted by Crippen LogP contribution is 2.33. The van der Waals surface area contributed by atoms with Crippen molar-refractivity contribution in [3.05, 3.63) is 46.5 Å². The zero-order valence-corrected chi connectivity index (χ0v) is 14.4. The second kappa shape index (κ2) is 7.28. The molecule has 10 heteroatoms. The van der Waals surface area contributed by atoms with Gasteiger partial charge in [0.1, 0.15) is 12.4 Å². The molecule has 1 aliphatic rings. The number of carbonyl (C=O) groups is 2. The second-order valence-electron chi connectivity index (χ2n) is 5.85. The van der Waals surface area contributed by atoms with Crippen LogP contribution < -0.4 is 20.7 Å². The number of benzene rings is 1. The van der Waals surface area contributed by atoms with Gasteiger partial charge in [0.05, 0.1) is 4.92 Å². The number of pyridine rings is 1. The van der Waals surface area contributed by atoms with Crippen LogP contribution in [0.5, 0.6) is 5.75 Å². The number of aromatic nitrogens is 1. The van der Waals surface area contributed by atoms with Crippen LogP contribution in [0.1, 0.15) is 13.3 Å². The third-order valence-corrected chi connectivity index (χ3v) is 3.96. The lowest BCUT2D eigenvalue weighted by molar-refractivity contribution is -0.384. The van der Waals surface area contributed by atoms with Gasteiger partial charge in [-0.1, -0.05) is 6.92 Å². The summed E-state index contributed by atoms with van der Waals surface area (Å²) in [6.45, 7) is 1.51. The molecule has 0 fully saturated rings. The average molecular weight is 371 g/mol. The molecular weight excluding hydrogens is 354 g/mol. The second-order valence-corrected chi connectivity index (χ2v) is 5.85. The lowest BCUT2D eigenvalue weighted by Gasteiger charge is -2.32. The van der Waals surface area contributed by atoms with Crippen LogP contribution in [0.2, 0.25) is 0 Å². The highest BCUT2D eigenvalue weighted by atomic mass is 16.6. The summed E-state index contributed by atoms with van der Waals surface area (Å²) in [5.41, 5.74) is 5.98. The van der Waals surface area contributed by atoms with Gasteiger partial charge in [-0.15, -0.1) is 0 Å². The summed E-state index contributed by atoms with van der Waals surface area (Å²) in [5.74, 6) is -0.116. The van der Waals surface area contributed by atoms with E-state index < -0.39 is 16.9 Å². The van der Waals surface area contributed by atoms with Gasteiger partial charge >= 0.3 is 0 Å². The Morgan fingerprint density at radius 3 is 2.67 bits per heavy atom. The highest BCUT2D eigenvalue weighted by Gasteiger charge is 2.35. The number of hydrogen-bond donors (Lipinski definition) is 2. The molecule has 10 nitrogen and oxygen atoms in total. The van der Waals surface area contributed by atoms with Crippen LogP contribution in [-0.2, 0) is 9.59 Å². The minimum absolute atomic E-state index is 0.0873. The number of ether oxygens (including phenoxy) is 1. The fourth-order valence-electron chi connectivity index (χ4n) is 2.64. The number of non-ortho nitro benzene ring substituents is 1. The maximum absolute atomic E-state index is 12.6. The minimum Gasteiger partial charge on any atom is -0.477 e. The Kier molecular flexibility index (Phi) is 4.88. The Morgan fingerprint density at radius 2 is 2.04 bits per heavy atom. The summed E-state index contributed by atoms with van der Waals surface area (Å²) in [6, 6.07) is 8.54. The van der Waals surface area contributed by atoms with Crippen LogP contribution in [0.3, 0.4) is 0 Å². The van der Waals surface area contributed by atoms with Crippen molar-refractivity contribution in [2.45, 2.75) is 19.4 Å². The van der Waals surface area contributed by atoms with Crippen molar-refractivity contribution in [2.75, 3.05) is 22.5 Å². The Morgan fingerprint density at radius 1 is 1.33 bits per heavy atom. The number of rotatable bonds is 5. The van der Waals surface area contributed by atoms with E-state index >= 15 is 0 Å². The van der Waals surface area contributed by atoms with Crippen molar-refractivity contribution >= 4 is 34.8 Å². The molecule has 0 radical (unpaired) electrons. The molecule has 2 heterocycles. The summed E-state index contributed by atoms with van der Waals surface area (Å²) in [5, 5.41) is 13.3. The molecule has 1 aromatic heterocycles. The number of nitrogens with two attached hydrogens (primary N) is 1. The molecule has 1 aromatic carbocycles. The third kappa shape index (κ3) is 3.78. The van der Waals surface area contributed by atoms with Gasteiger partial charge in [-0.25, -0.2) is 4.98 Å². The molecule has 27 heavy (non-hydrogen) atoms. The summed E-state index contributed by atoms with van der Waals surface area (Å²) in [6.07, 6.45) is -0.279. The van der Waals surface area contributed by atoms with Gasteiger partial charge in [0.15, 0.2) is 17.7 Å². The molecule has 1 unspecified atom stereocenters. The van der Waals surface area contributed by atoms with Crippen molar-refractivity contribution in [1.29, 1.82) is 0 Å². The molecule has 0 aliphatic carbocycles. The van der Waals surface area contributed by atoms with E-state index in [4.69, 9.17) is 10.5 Å². The number of amides is 2. The van der Waals surface area contributed by atoms with Crippen molar-refractivity contribution < 1.29 is 19.2 Å². The fraction of sp³-hybridized carbons (Fsp3) is 0.235. The SMILES string of the molecule is CCC1Oc2ccc(N)nc2N(CC(=O)Nc2ccc([N+](=O)[O-])cc2)C1=O. The Balaban J connectivity index is 1.78. The first-order valence-corrected chi connectivity index (χ1v) is 8.18. The van der Waals surface area contributed by atoms with Gasteiger partial charge < -0.3 is 15.8 Å². The van der Waals surface area contributed by atoms with E-state index in [1.54, 1.807) is 19.1 Å². The monoisotopic (exact) mass is 371 g/mol. The van der Waals surface area contributed by atoms with Crippen molar-refractivity contribution in [3.63, 3.8) is 0 Å². The van der Waals surface area contributed by atoms with Crippen LogP contribution in [0.4, 0.5) is 23.0 Å². The number of nitrogens with one attached hydrogen (secondary N) is 1. The first-order valence-electron chi connectivity index (χ1n) is 8.18. The number of nitrogens with zero attached hydrogens (tertiary/aromatic N) is 3. The van der Waals surface area contributed by atoms with Crippen molar-refractivity contribution in [3.8, 4) is 5.75 Å². The number of nitro groups is 1. The van der Waals surface area contributed by atoms with Gasteiger partial charge in [-0.3, -0.25) is 24.6 Å². The predicted octanol–water partition coefficient (Wildman–Crippen LogP) is 1.71. The minimum atomic E-state index is -0.713. The highest BCUT2D eigenvalue weighted by molar-refractivity contribution is 6.05. The average Bonchev–Trinajstić information content (AvgIpc) is 2.64. The topological polar surface area (TPSA) is 141 Å². The van der Waals surface area contributed by atoms with Crippen LogP contribution in [0.25, 0.3) is 0 Å². The Hall–Kier alpha value is -3.69. The van der Waals surface area contributed by atoms with E-state index in [0.29, 0.717) is 17.9 Å². The first kappa shape index (κ1) is 18.1. The maximum atomic E-state index is 12.6. The Bertz CT molecular complexity index is 899. The summed E-state index contributed by atoms with van der Waals surface area (Å²) < 4.78 is 5.61. The maximum Gasteiger partial charge on any atom is 0.269 e. The predicted molar refractivity (Wildman–Crippen MR) is 97.4 cm³/mol. The quantitative estimate of drug-likeness (QED) is 0.602. The van der Waals surface area contributed by atoms with E-state index in [-0.39, 0.29) is 29.8 Å². The number of hydrogen-bond acceptors (Lipinski definition) is 7. The standard InChI is InChI=1S/C17H17N5O5/c1-2-12-17(24)21(16-13(27-12)7-8-14(18)20-16)9-15(23)19-10-3-5-11(6-4-10)22(25)26/h3-8,12H,2,9H2,1H3,(H2,18,20)(H,19,23). The number of fused-ring (bicyclic) bond motifs is 1. The molecule has 0 bridgehead atoms. The summed E-state index contributed by atoms with van der Waals surface area (Å²) in [7, 11) is 0. The van der Waals surface area contributed by atoms with E-state index in [0.717, 1.165) is 0 Å². The number of nitro benzene ring substituents is 1. The molecule has 140 valence electrons. The van der Waals surface area contributed by atoms with Gasteiger partial charge in [0, 0.05) is 17.8 Å². The molecule has 3 N–H and O–H groups in total. The van der Waals surface area contributed by atoms with Gasteiger partial charge in [0.2, 0.25) is 5.91 Å². The molecule has 2 amide bonds. The van der Waals surface area contributed by atoms with Gasteiger partial charge in [0.25, 0.3) is 11.6 Å². The van der Waals surface area contributed by atoms with Crippen LogP contribution in [-0.4, -0.2) is 34.4 Å². The molecule has 0 saturated carbocycles.